The molecule has 0 saturated heterocycles. The van der Waals surface area contributed by atoms with Crippen LogP contribution in [0.1, 0.15) is 12.5 Å². The molecule has 3 rings (SSSR count). The molecule has 0 aliphatic heterocycles. The van der Waals surface area contributed by atoms with Gasteiger partial charge in [-0.2, -0.15) is 0 Å². The van der Waals surface area contributed by atoms with E-state index in [1.54, 1.807) is 32.4 Å². The number of anilines is 1. The monoisotopic (exact) mass is 413 g/mol. The molecule has 1 heterocycles. The number of nitrogens with zero attached hydrogens (tertiary/aromatic N) is 3. The van der Waals surface area contributed by atoms with E-state index in [4.69, 9.17) is 15.3 Å². The summed E-state index contributed by atoms with van der Waals surface area (Å²) in [5.74, 6) is 7.83. The second-order valence-corrected chi connectivity index (χ2v) is 7.08. The third kappa shape index (κ3) is 4.80. The SMILES string of the molecule is CCc1cccc(NC(=O)CSc2nnc(-c3ccc(OC)cc3OC)n2N)c1. The van der Waals surface area contributed by atoms with Gasteiger partial charge in [0.15, 0.2) is 5.82 Å². The molecule has 0 radical (unpaired) electrons. The molecule has 0 aliphatic rings. The van der Waals surface area contributed by atoms with E-state index in [-0.39, 0.29) is 11.7 Å². The Hall–Kier alpha value is -3.20. The number of nitrogens with two attached hydrogens (primary N) is 1. The molecule has 0 aliphatic carbocycles. The van der Waals surface area contributed by atoms with E-state index in [9.17, 15) is 4.79 Å². The number of hydrogen-bond acceptors (Lipinski definition) is 7. The molecule has 152 valence electrons. The summed E-state index contributed by atoms with van der Waals surface area (Å²) < 4.78 is 12.0. The van der Waals surface area contributed by atoms with Gasteiger partial charge in [-0.05, 0) is 36.2 Å². The molecule has 29 heavy (non-hydrogen) atoms. The Kier molecular flexibility index (Phi) is 6.61. The van der Waals surface area contributed by atoms with Gasteiger partial charge in [0.2, 0.25) is 11.1 Å². The predicted octanol–water partition coefficient (Wildman–Crippen LogP) is 2.97. The number of nitrogen functional groups attached to an aromatic ring is 1. The average molecular weight is 414 g/mol. The van der Waals surface area contributed by atoms with E-state index in [0.717, 1.165) is 17.7 Å². The Morgan fingerprint density at radius 3 is 2.72 bits per heavy atom. The summed E-state index contributed by atoms with van der Waals surface area (Å²) in [5.41, 5.74) is 2.61. The summed E-state index contributed by atoms with van der Waals surface area (Å²) in [7, 11) is 3.14. The van der Waals surface area contributed by atoms with Crippen LogP contribution in [0.5, 0.6) is 11.5 Å². The van der Waals surface area contributed by atoms with Gasteiger partial charge in [0.1, 0.15) is 11.5 Å². The summed E-state index contributed by atoms with van der Waals surface area (Å²) in [4.78, 5) is 12.3. The highest BCUT2D eigenvalue weighted by Gasteiger charge is 2.17. The lowest BCUT2D eigenvalue weighted by Gasteiger charge is -2.10. The Labute approximate surface area is 173 Å². The van der Waals surface area contributed by atoms with E-state index in [0.29, 0.717) is 28.0 Å². The van der Waals surface area contributed by atoms with Crippen molar-refractivity contribution in [3.8, 4) is 22.9 Å². The van der Waals surface area contributed by atoms with Crippen molar-refractivity contribution in [1.29, 1.82) is 0 Å². The first-order valence-corrected chi connectivity index (χ1v) is 9.98. The summed E-state index contributed by atoms with van der Waals surface area (Å²) in [5, 5.41) is 11.6. The first kappa shape index (κ1) is 20.5. The standard InChI is InChI=1S/C20H23N5O3S/c1-4-13-6-5-7-14(10-13)22-18(26)12-29-20-24-23-19(25(20)21)16-9-8-15(27-2)11-17(16)28-3/h5-11H,4,12,21H2,1-3H3,(H,22,26). The van der Waals surface area contributed by atoms with Crippen LogP contribution in [0.2, 0.25) is 0 Å². The maximum absolute atomic E-state index is 12.3. The highest BCUT2D eigenvalue weighted by Crippen LogP contribution is 2.32. The molecule has 3 N–H and O–H groups in total. The highest BCUT2D eigenvalue weighted by atomic mass is 32.2. The normalized spacial score (nSPS) is 10.6. The number of ether oxygens (including phenoxy) is 2. The molecule has 0 fully saturated rings. The molecule has 2 aromatic carbocycles. The molecular weight excluding hydrogens is 390 g/mol. The Morgan fingerprint density at radius 1 is 1.17 bits per heavy atom. The molecule has 8 nitrogen and oxygen atoms in total. The van der Waals surface area contributed by atoms with Crippen LogP contribution in [0.4, 0.5) is 5.69 Å². The van der Waals surface area contributed by atoms with Gasteiger partial charge in [-0.15, -0.1) is 10.2 Å². The van der Waals surface area contributed by atoms with Gasteiger partial charge in [0.05, 0.1) is 25.5 Å². The number of nitrogens with one attached hydrogen (secondary N) is 1. The first-order chi connectivity index (χ1) is 14.0. The lowest BCUT2D eigenvalue weighted by atomic mass is 10.1. The smallest absolute Gasteiger partial charge is 0.234 e. The second-order valence-electron chi connectivity index (χ2n) is 6.13. The van der Waals surface area contributed by atoms with Gasteiger partial charge >= 0.3 is 0 Å². The van der Waals surface area contributed by atoms with Crippen LogP contribution in [-0.2, 0) is 11.2 Å². The minimum Gasteiger partial charge on any atom is -0.497 e. The Morgan fingerprint density at radius 2 is 2.00 bits per heavy atom. The number of aromatic nitrogens is 3. The number of methoxy groups -OCH3 is 2. The van der Waals surface area contributed by atoms with Crippen molar-refractivity contribution in [3.05, 3.63) is 48.0 Å². The summed E-state index contributed by atoms with van der Waals surface area (Å²) >= 11 is 1.21. The number of hydrogen-bond donors (Lipinski definition) is 2. The molecular formula is C20H23N5O3S. The highest BCUT2D eigenvalue weighted by molar-refractivity contribution is 7.99. The average Bonchev–Trinajstić information content (AvgIpc) is 3.11. The van der Waals surface area contributed by atoms with Crippen molar-refractivity contribution < 1.29 is 14.3 Å². The zero-order valence-electron chi connectivity index (χ0n) is 16.5. The van der Waals surface area contributed by atoms with Gasteiger partial charge in [0, 0.05) is 11.8 Å². The third-order valence-corrected chi connectivity index (χ3v) is 5.21. The molecule has 0 spiro atoms. The van der Waals surface area contributed by atoms with E-state index < -0.39 is 0 Å². The number of thioether (sulfide) groups is 1. The van der Waals surface area contributed by atoms with Gasteiger partial charge in [-0.3, -0.25) is 4.79 Å². The second kappa shape index (κ2) is 9.33. The fourth-order valence-electron chi connectivity index (χ4n) is 2.74. The Balaban J connectivity index is 1.69. The number of benzene rings is 2. The zero-order chi connectivity index (χ0) is 20.8. The van der Waals surface area contributed by atoms with Gasteiger partial charge in [-0.1, -0.05) is 30.8 Å². The summed E-state index contributed by atoms with van der Waals surface area (Å²) in [6.07, 6.45) is 0.909. The van der Waals surface area contributed by atoms with E-state index in [1.807, 2.05) is 24.3 Å². The summed E-state index contributed by atoms with van der Waals surface area (Å²) in [6.45, 7) is 2.07. The molecule has 3 aromatic rings. The maximum atomic E-state index is 12.3. The lowest BCUT2D eigenvalue weighted by Crippen LogP contribution is -2.16. The topological polar surface area (TPSA) is 104 Å². The molecule has 0 bridgehead atoms. The van der Waals surface area contributed by atoms with Crippen molar-refractivity contribution in [2.24, 2.45) is 0 Å². The number of aryl methyl sites for hydroxylation is 1. The van der Waals surface area contributed by atoms with Crippen molar-refractivity contribution in [2.45, 2.75) is 18.5 Å². The van der Waals surface area contributed by atoms with Gasteiger partial charge < -0.3 is 20.6 Å². The fourth-order valence-corrected chi connectivity index (χ4v) is 3.40. The van der Waals surface area contributed by atoms with E-state index in [1.165, 1.54) is 16.4 Å². The van der Waals surface area contributed by atoms with E-state index in [2.05, 4.69) is 22.4 Å². The predicted molar refractivity (Wildman–Crippen MR) is 114 cm³/mol. The molecule has 1 aromatic heterocycles. The molecule has 0 unspecified atom stereocenters. The van der Waals surface area contributed by atoms with Crippen LogP contribution >= 0.6 is 11.8 Å². The molecule has 0 saturated carbocycles. The third-order valence-electron chi connectivity index (χ3n) is 4.27. The molecule has 0 atom stereocenters. The van der Waals surface area contributed by atoms with Crippen LogP contribution in [0.15, 0.2) is 47.6 Å². The Bertz CT molecular complexity index is 1010. The lowest BCUT2D eigenvalue weighted by molar-refractivity contribution is -0.113. The quantitative estimate of drug-likeness (QED) is 0.432. The van der Waals surface area contributed by atoms with Crippen molar-refractivity contribution in [1.82, 2.24) is 14.9 Å². The number of carbonyl (C=O) groups is 1. The van der Waals surface area contributed by atoms with Gasteiger partial charge in [-0.25, -0.2) is 4.68 Å². The fraction of sp³-hybridized carbons (Fsp3) is 0.250. The molecule has 1 amide bonds. The number of rotatable bonds is 8. The van der Waals surface area contributed by atoms with Crippen LogP contribution in [0.25, 0.3) is 11.4 Å². The minimum atomic E-state index is -0.144. The van der Waals surface area contributed by atoms with Crippen molar-refractivity contribution in [2.75, 3.05) is 31.1 Å². The van der Waals surface area contributed by atoms with Crippen LogP contribution in [0, 0.1) is 0 Å². The number of amides is 1. The minimum absolute atomic E-state index is 0.144. The van der Waals surface area contributed by atoms with Crippen molar-refractivity contribution in [3.63, 3.8) is 0 Å². The maximum Gasteiger partial charge on any atom is 0.234 e. The zero-order valence-corrected chi connectivity index (χ0v) is 17.3. The first-order valence-electron chi connectivity index (χ1n) is 9.00. The summed E-state index contributed by atoms with van der Waals surface area (Å²) in [6, 6.07) is 13.1. The van der Waals surface area contributed by atoms with Gasteiger partial charge in [0.25, 0.3) is 0 Å². The largest absolute Gasteiger partial charge is 0.497 e. The van der Waals surface area contributed by atoms with Crippen LogP contribution in [-0.4, -0.2) is 40.8 Å². The van der Waals surface area contributed by atoms with Crippen LogP contribution < -0.4 is 20.6 Å². The van der Waals surface area contributed by atoms with Crippen molar-refractivity contribution >= 4 is 23.4 Å². The number of carbonyl (C=O) groups excluding carboxylic acids is 1. The van der Waals surface area contributed by atoms with Crippen LogP contribution in [0.3, 0.4) is 0 Å². The van der Waals surface area contributed by atoms with E-state index >= 15 is 0 Å². The molecule has 9 heteroatoms.